The molecule has 1 aliphatic carbocycles. The zero-order valence-corrected chi connectivity index (χ0v) is 10.8. The maximum absolute atomic E-state index is 11.0. The van der Waals surface area contributed by atoms with Crippen molar-refractivity contribution in [3.05, 3.63) is 27.2 Å². The normalized spacial score (nSPS) is 16.4. The standard InChI is InChI=1S/C12H14BrNO3/c13-8-5-6-3-1-2-4-7(6)9(11(8)15)10(14)12(16)17/h5,10,15H,1-4,14H2,(H,16,17). The Hall–Kier alpha value is -1.07. The van der Waals surface area contributed by atoms with Crippen LogP contribution in [0.25, 0.3) is 0 Å². The molecule has 0 aliphatic heterocycles. The summed E-state index contributed by atoms with van der Waals surface area (Å²) in [6, 6.07) is 0.696. The molecule has 0 fully saturated rings. The number of aliphatic carboxylic acids is 1. The highest BCUT2D eigenvalue weighted by molar-refractivity contribution is 9.10. The van der Waals surface area contributed by atoms with Gasteiger partial charge in [0.25, 0.3) is 0 Å². The molecular formula is C12H14BrNO3. The van der Waals surface area contributed by atoms with Gasteiger partial charge in [-0.2, -0.15) is 0 Å². The molecule has 17 heavy (non-hydrogen) atoms. The van der Waals surface area contributed by atoms with Crippen molar-refractivity contribution in [2.24, 2.45) is 5.73 Å². The lowest BCUT2D eigenvalue weighted by Crippen LogP contribution is -2.23. The lowest BCUT2D eigenvalue weighted by atomic mass is 9.85. The lowest BCUT2D eigenvalue weighted by molar-refractivity contribution is -0.138. The smallest absolute Gasteiger partial charge is 0.325 e. The van der Waals surface area contributed by atoms with Gasteiger partial charge in [-0.05, 0) is 58.8 Å². The largest absolute Gasteiger partial charge is 0.506 e. The van der Waals surface area contributed by atoms with Crippen LogP contribution in [0.5, 0.6) is 5.75 Å². The first kappa shape index (κ1) is 12.4. The minimum absolute atomic E-state index is 0.0412. The molecule has 1 unspecified atom stereocenters. The van der Waals surface area contributed by atoms with Crippen molar-refractivity contribution in [2.45, 2.75) is 31.7 Å². The number of halogens is 1. The second-order valence-electron chi connectivity index (χ2n) is 4.28. The van der Waals surface area contributed by atoms with Gasteiger partial charge in [-0.3, -0.25) is 4.79 Å². The Bertz CT molecular complexity index is 473. The number of carboxylic acids is 1. The fourth-order valence-corrected chi connectivity index (χ4v) is 2.84. The third-order valence-corrected chi connectivity index (χ3v) is 3.80. The number of hydrogen-bond donors (Lipinski definition) is 3. The number of benzene rings is 1. The summed E-state index contributed by atoms with van der Waals surface area (Å²) in [5.74, 6) is -1.16. The monoisotopic (exact) mass is 299 g/mol. The highest BCUT2D eigenvalue weighted by atomic mass is 79.9. The van der Waals surface area contributed by atoms with Crippen LogP contribution in [0.1, 0.15) is 35.6 Å². The van der Waals surface area contributed by atoms with Crippen molar-refractivity contribution in [3.8, 4) is 5.75 Å². The minimum Gasteiger partial charge on any atom is -0.506 e. The molecule has 0 saturated heterocycles. The van der Waals surface area contributed by atoms with Crippen molar-refractivity contribution < 1.29 is 15.0 Å². The maximum atomic E-state index is 11.0. The number of nitrogens with two attached hydrogens (primary N) is 1. The molecule has 92 valence electrons. The average molecular weight is 300 g/mol. The lowest BCUT2D eigenvalue weighted by Gasteiger charge is -2.23. The molecule has 1 aromatic carbocycles. The van der Waals surface area contributed by atoms with E-state index in [1.54, 1.807) is 0 Å². The van der Waals surface area contributed by atoms with Gasteiger partial charge in [0.2, 0.25) is 0 Å². The number of fused-ring (bicyclic) bond motifs is 1. The van der Waals surface area contributed by atoms with Gasteiger partial charge in [-0.1, -0.05) is 0 Å². The first-order valence-corrected chi connectivity index (χ1v) is 6.33. The summed E-state index contributed by atoms with van der Waals surface area (Å²) < 4.78 is 0.518. The van der Waals surface area contributed by atoms with Crippen LogP contribution >= 0.6 is 15.9 Å². The highest BCUT2D eigenvalue weighted by Gasteiger charge is 2.26. The van der Waals surface area contributed by atoms with Gasteiger partial charge in [0, 0.05) is 5.56 Å². The minimum atomic E-state index is -1.17. The molecule has 4 nitrogen and oxygen atoms in total. The number of phenols is 1. The maximum Gasteiger partial charge on any atom is 0.325 e. The van der Waals surface area contributed by atoms with Crippen LogP contribution in [-0.4, -0.2) is 16.2 Å². The molecule has 5 heteroatoms. The van der Waals surface area contributed by atoms with E-state index in [0.29, 0.717) is 10.0 Å². The topological polar surface area (TPSA) is 83.6 Å². The molecule has 0 spiro atoms. The number of aryl methyl sites for hydroxylation is 1. The average Bonchev–Trinajstić information content (AvgIpc) is 2.30. The summed E-state index contributed by atoms with van der Waals surface area (Å²) in [7, 11) is 0. The molecule has 1 atom stereocenters. The fraction of sp³-hybridized carbons (Fsp3) is 0.417. The van der Waals surface area contributed by atoms with Crippen LogP contribution in [0.2, 0.25) is 0 Å². The van der Waals surface area contributed by atoms with Crippen molar-refractivity contribution in [3.63, 3.8) is 0 Å². The van der Waals surface area contributed by atoms with Crippen LogP contribution < -0.4 is 5.73 Å². The number of phenolic OH excluding ortho intramolecular Hbond substituents is 1. The van der Waals surface area contributed by atoms with Crippen LogP contribution in [0.4, 0.5) is 0 Å². The van der Waals surface area contributed by atoms with E-state index >= 15 is 0 Å². The second-order valence-corrected chi connectivity index (χ2v) is 5.14. The molecule has 0 radical (unpaired) electrons. The first-order chi connectivity index (χ1) is 8.02. The van der Waals surface area contributed by atoms with Gasteiger partial charge in [-0.25, -0.2) is 0 Å². The third-order valence-electron chi connectivity index (χ3n) is 3.19. The van der Waals surface area contributed by atoms with Crippen molar-refractivity contribution in [1.29, 1.82) is 0 Å². The number of rotatable bonds is 2. The molecule has 0 aromatic heterocycles. The number of carbonyl (C=O) groups is 1. The Balaban J connectivity index is 2.62. The van der Waals surface area contributed by atoms with Crippen LogP contribution in [0.3, 0.4) is 0 Å². The molecule has 1 aromatic rings. The molecule has 0 heterocycles. The van der Waals surface area contributed by atoms with Gasteiger partial charge >= 0.3 is 5.97 Å². The van der Waals surface area contributed by atoms with Crippen LogP contribution in [0.15, 0.2) is 10.5 Å². The van der Waals surface area contributed by atoms with Crippen molar-refractivity contribution >= 4 is 21.9 Å². The Labute approximate surface area is 108 Å². The molecule has 0 amide bonds. The van der Waals surface area contributed by atoms with Gasteiger partial charge in [0.15, 0.2) is 0 Å². The van der Waals surface area contributed by atoms with Crippen LogP contribution in [-0.2, 0) is 17.6 Å². The number of carboxylic acid groups (broad SMARTS) is 1. The Morgan fingerprint density at radius 2 is 2.06 bits per heavy atom. The predicted molar refractivity (Wildman–Crippen MR) is 67.0 cm³/mol. The summed E-state index contributed by atoms with van der Waals surface area (Å²) in [6.07, 6.45) is 3.79. The Kier molecular flexibility index (Phi) is 3.40. The van der Waals surface area contributed by atoms with E-state index < -0.39 is 12.0 Å². The van der Waals surface area contributed by atoms with Gasteiger partial charge in [0.05, 0.1) is 4.47 Å². The van der Waals surface area contributed by atoms with E-state index in [1.807, 2.05) is 6.07 Å². The highest BCUT2D eigenvalue weighted by Crippen LogP contribution is 2.39. The Morgan fingerprint density at radius 3 is 2.71 bits per heavy atom. The van der Waals surface area contributed by atoms with E-state index in [-0.39, 0.29) is 5.75 Å². The van der Waals surface area contributed by atoms with E-state index in [1.165, 1.54) is 0 Å². The van der Waals surface area contributed by atoms with Gasteiger partial charge < -0.3 is 15.9 Å². The summed E-state index contributed by atoms with van der Waals surface area (Å²) in [6.45, 7) is 0. The molecule has 4 N–H and O–H groups in total. The quantitative estimate of drug-likeness (QED) is 0.781. The van der Waals surface area contributed by atoms with E-state index in [4.69, 9.17) is 10.8 Å². The second kappa shape index (κ2) is 4.66. The van der Waals surface area contributed by atoms with Gasteiger partial charge in [-0.15, -0.1) is 0 Å². The molecule has 2 rings (SSSR count). The SMILES string of the molecule is NC(C(=O)O)c1c(O)c(Br)cc2c1CCCC2. The fourth-order valence-electron chi connectivity index (χ4n) is 2.35. The first-order valence-electron chi connectivity index (χ1n) is 5.54. The predicted octanol–water partition coefficient (Wildman–Crippen LogP) is 2.12. The van der Waals surface area contributed by atoms with Crippen molar-refractivity contribution in [2.75, 3.05) is 0 Å². The number of aromatic hydroxyl groups is 1. The molecule has 0 saturated carbocycles. The van der Waals surface area contributed by atoms with Gasteiger partial charge in [0.1, 0.15) is 11.8 Å². The zero-order valence-electron chi connectivity index (χ0n) is 9.24. The molecular weight excluding hydrogens is 286 g/mol. The molecule has 0 bridgehead atoms. The molecule has 1 aliphatic rings. The summed E-state index contributed by atoms with van der Waals surface area (Å²) in [5, 5.41) is 19.0. The van der Waals surface area contributed by atoms with Crippen molar-refractivity contribution in [1.82, 2.24) is 0 Å². The Morgan fingerprint density at radius 1 is 1.41 bits per heavy atom. The zero-order chi connectivity index (χ0) is 12.6. The summed E-state index contributed by atoms with van der Waals surface area (Å²) in [4.78, 5) is 11.0. The summed E-state index contributed by atoms with van der Waals surface area (Å²) in [5.41, 5.74) is 8.01. The number of hydrogen-bond acceptors (Lipinski definition) is 3. The van der Waals surface area contributed by atoms with E-state index in [9.17, 15) is 9.90 Å². The van der Waals surface area contributed by atoms with E-state index in [0.717, 1.165) is 36.8 Å². The van der Waals surface area contributed by atoms with E-state index in [2.05, 4.69) is 15.9 Å². The third kappa shape index (κ3) is 2.17. The van der Waals surface area contributed by atoms with Crippen LogP contribution in [0, 0.1) is 0 Å². The summed E-state index contributed by atoms with van der Waals surface area (Å²) >= 11 is 3.24.